The Labute approximate surface area is 179 Å². The van der Waals surface area contributed by atoms with Gasteiger partial charge in [-0.1, -0.05) is 43.9 Å². The first-order valence-corrected chi connectivity index (χ1v) is 11.2. The van der Waals surface area contributed by atoms with Gasteiger partial charge in [0.25, 0.3) is 5.79 Å². The molecule has 0 bridgehead atoms. The van der Waals surface area contributed by atoms with E-state index in [0.29, 0.717) is 29.0 Å². The van der Waals surface area contributed by atoms with Crippen LogP contribution in [0.2, 0.25) is 0 Å². The summed E-state index contributed by atoms with van der Waals surface area (Å²) in [7, 11) is 0. The van der Waals surface area contributed by atoms with Crippen molar-refractivity contribution in [1.29, 1.82) is 0 Å². The number of esters is 1. The lowest BCUT2D eigenvalue weighted by Gasteiger charge is -2.27. The molecule has 1 saturated carbocycles. The second-order valence-corrected chi connectivity index (χ2v) is 9.04. The standard InChI is InChI=1S/C24H24N2O3S/c1-14-7-9-18(11-15(14)2)24(28)19(12-16-5-3-4-6-16)22(23(27)29-24)17-8-10-20-21(13-17)26-30-25-20/h7-11,13,16,28H,3-6,12H2,1-2H3. The van der Waals surface area contributed by atoms with E-state index < -0.39 is 11.8 Å². The Kier molecular flexibility index (Phi) is 4.71. The lowest BCUT2D eigenvalue weighted by Crippen LogP contribution is -2.29. The van der Waals surface area contributed by atoms with Gasteiger partial charge in [0.05, 0.1) is 17.3 Å². The van der Waals surface area contributed by atoms with Crippen LogP contribution in [0.4, 0.5) is 0 Å². The second-order valence-electron chi connectivity index (χ2n) is 8.51. The first-order chi connectivity index (χ1) is 14.5. The zero-order valence-electron chi connectivity index (χ0n) is 17.1. The van der Waals surface area contributed by atoms with Crippen LogP contribution in [0.25, 0.3) is 16.6 Å². The normalized spacial score (nSPS) is 22.3. The molecule has 1 unspecified atom stereocenters. The Bertz CT molecular complexity index is 1180. The van der Waals surface area contributed by atoms with Gasteiger partial charge in [-0.2, -0.15) is 8.75 Å². The molecule has 5 nitrogen and oxygen atoms in total. The number of fused-ring (bicyclic) bond motifs is 1. The molecule has 1 atom stereocenters. The predicted octanol–water partition coefficient (Wildman–Crippen LogP) is 5.04. The number of nitrogens with zero attached hydrogens (tertiary/aromatic N) is 2. The van der Waals surface area contributed by atoms with E-state index in [9.17, 15) is 9.90 Å². The van der Waals surface area contributed by atoms with Crippen LogP contribution in [-0.2, 0) is 15.3 Å². The number of benzene rings is 2. The Morgan fingerprint density at radius 1 is 1.07 bits per heavy atom. The van der Waals surface area contributed by atoms with E-state index in [1.54, 1.807) is 0 Å². The number of cyclic esters (lactones) is 1. The van der Waals surface area contributed by atoms with Gasteiger partial charge in [-0.3, -0.25) is 0 Å². The van der Waals surface area contributed by atoms with Crippen LogP contribution < -0.4 is 0 Å². The highest BCUT2D eigenvalue weighted by atomic mass is 32.1. The van der Waals surface area contributed by atoms with E-state index in [0.717, 1.165) is 52.3 Å². The quantitative estimate of drug-likeness (QED) is 0.599. The first kappa shape index (κ1) is 19.4. The van der Waals surface area contributed by atoms with Crippen molar-refractivity contribution in [2.45, 2.75) is 51.7 Å². The van der Waals surface area contributed by atoms with Gasteiger partial charge in [-0.25, -0.2) is 4.79 Å². The van der Waals surface area contributed by atoms with Crippen LogP contribution in [-0.4, -0.2) is 19.8 Å². The van der Waals surface area contributed by atoms with E-state index >= 15 is 0 Å². The molecule has 2 aliphatic rings. The van der Waals surface area contributed by atoms with Crippen LogP contribution >= 0.6 is 11.7 Å². The third-order valence-electron chi connectivity index (χ3n) is 6.56. The highest BCUT2D eigenvalue weighted by Gasteiger charge is 2.48. The number of carbonyl (C=O) groups is 1. The van der Waals surface area contributed by atoms with Gasteiger partial charge in [0.1, 0.15) is 11.0 Å². The minimum Gasteiger partial charge on any atom is -0.421 e. The van der Waals surface area contributed by atoms with Crippen molar-refractivity contribution in [3.63, 3.8) is 0 Å². The van der Waals surface area contributed by atoms with Crippen molar-refractivity contribution in [3.05, 3.63) is 64.2 Å². The molecule has 1 fully saturated rings. The van der Waals surface area contributed by atoms with E-state index in [1.807, 2.05) is 50.2 Å². The largest absolute Gasteiger partial charge is 0.421 e. The van der Waals surface area contributed by atoms with Crippen molar-refractivity contribution in [3.8, 4) is 0 Å². The second kappa shape index (κ2) is 7.29. The Morgan fingerprint density at radius 2 is 1.83 bits per heavy atom. The average Bonchev–Trinajstić information content (AvgIpc) is 3.44. The van der Waals surface area contributed by atoms with Crippen molar-refractivity contribution < 1.29 is 14.6 Å². The molecule has 1 N–H and O–H groups in total. The molecule has 1 aliphatic heterocycles. The van der Waals surface area contributed by atoms with Gasteiger partial charge in [0, 0.05) is 11.1 Å². The summed E-state index contributed by atoms with van der Waals surface area (Å²) in [4.78, 5) is 13.1. The molecule has 30 heavy (non-hydrogen) atoms. The minimum absolute atomic E-state index is 0.451. The molecule has 1 aromatic heterocycles. The number of hydrogen-bond acceptors (Lipinski definition) is 6. The SMILES string of the molecule is Cc1ccc(C2(O)OC(=O)C(c3ccc4nsnc4c3)=C2CC2CCCC2)cc1C. The fourth-order valence-electron chi connectivity index (χ4n) is 4.70. The van der Waals surface area contributed by atoms with Gasteiger partial charge >= 0.3 is 5.97 Å². The zero-order chi connectivity index (χ0) is 20.9. The molecule has 2 aromatic carbocycles. The molecular weight excluding hydrogens is 396 g/mol. The van der Waals surface area contributed by atoms with Crippen molar-refractivity contribution in [1.82, 2.24) is 8.75 Å². The highest BCUT2D eigenvalue weighted by molar-refractivity contribution is 7.00. The molecule has 5 rings (SSSR count). The minimum atomic E-state index is -1.73. The number of aromatic nitrogens is 2. The van der Waals surface area contributed by atoms with Gasteiger partial charge in [-0.05, 0) is 61.1 Å². The molecule has 1 aliphatic carbocycles. The summed E-state index contributed by atoms with van der Waals surface area (Å²) in [5, 5.41) is 11.7. The summed E-state index contributed by atoms with van der Waals surface area (Å²) in [6.45, 7) is 4.03. The molecule has 0 radical (unpaired) electrons. The predicted molar refractivity (Wildman–Crippen MR) is 117 cm³/mol. The number of carbonyl (C=O) groups excluding carboxylic acids is 1. The maximum absolute atomic E-state index is 13.1. The number of rotatable bonds is 4. The van der Waals surface area contributed by atoms with Gasteiger partial charge < -0.3 is 9.84 Å². The first-order valence-electron chi connectivity index (χ1n) is 10.5. The lowest BCUT2D eigenvalue weighted by atomic mass is 9.85. The van der Waals surface area contributed by atoms with E-state index in [2.05, 4.69) is 8.75 Å². The Morgan fingerprint density at radius 3 is 2.60 bits per heavy atom. The summed E-state index contributed by atoms with van der Waals surface area (Å²) in [5.41, 5.74) is 6.22. The van der Waals surface area contributed by atoms with Gasteiger partial charge in [0.2, 0.25) is 0 Å². The molecular formula is C24H24N2O3S. The lowest BCUT2D eigenvalue weighted by molar-refractivity contribution is -0.185. The molecule has 3 aromatic rings. The fourth-order valence-corrected chi connectivity index (χ4v) is 5.22. The molecule has 0 spiro atoms. The molecule has 0 amide bonds. The van der Waals surface area contributed by atoms with Gasteiger partial charge in [-0.15, -0.1) is 0 Å². The van der Waals surface area contributed by atoms with Crippen molar-refractivity contribution in [2.75, 3.05) is 0 Å². The maximum atomic E-state index is 13.1. The summed E-state index contributed by atoms with van der Waals surface area (Å²) < 4.78 is 14.3. The summed E-state index contributed by atoms with van der Waals surface area (Å²) >= 11 is 1.15. The van der Waals surface area contributed by atoms with Crippen LogP contribution in [0.5, 0.6) is 0 Å². The number of ether oxygens (including phenoxy) is 1. The zero-order valence-corrected chi connectivity index (χ0v) is 18.0. The third-order valence-corrected chi connectivity index (χ3v) is 7.12. The number of hydrogen-bond donors (Lipinski definition) is 1. The number of aliphatic hydroxyl groups is 1. The number of aryl methyl sites for hydroxylation is 2. The smallest absolute Gasteiger partial charge is 0.341 e. The third kappa shape index (κ3) is 3.15. The molecule has 0 saturated heterocycles. The highest BCUT2D eigenvalue weighted by Crippen LogP contribution is 2.48. The topological polar surface area (TPSA) is 72.3 Å². The summed E-state index contributed by atoms with van der Waals surface area (Å²) in [5.74, 6) is -1.76. The van der Waals surface area contributed by atoms with Crippen molar-refractivity contribution in [2.24, 2.45) is 5.92 Å². The molecule has 2 heterocycles. The monoisotopic (exact) mass is 420 g/mol. The van der Waals surface area contributed by atoms with E-state index in [4.69, 9.17) is 4.74 Å². The van der Waals surface area contributed by atoms with Gasteiger partial charge in [0.15, 0.2) is 0 Å². The van der Waals surface area contributed by atoms with E-state index in [-0.39, 0.29) is 0 Å². The summed E-state index contributed by atoms with van der Waals surface area (Å²) in [6, 6.07) is 11.4. The van der Waals surface area contributed by atoms with Crippen LogP contribution in [0, 0.1) is 19.8 Å². The van der Waals surface area contributed by atoms with Crippen LogP contribution in [0.3, 0.4) is 0 Å². The average molecular weight is 421 g/mol. The van der Waals surface area contributed by atoms with E-state index in [1.165, 1.54) is 12.8 Å². The molecule has 154 valence electrons. The summed E-state index contributed by atoms with van der Waals surface area (Å²) in [6.07, 6.45) is 5.27. The Balaban J connectivity index is 1.68. The maximum Gasteiger partial charge on any atom is 0.341 e. The van der Waals surface area contributed by atoms with Crippen LogP contribution in [0.1, 0.15) is 54.4 Å². The van der Waals surface area contributed by atoms with Crippen LogP contribution in [0.15, 0.2) is 42.0 Å². The molecule has 6 heteroatoms. The Hall–Kier alpha value is -2.57. The fraction of sp³-hybridized carbons (Fsp3) is 0.375. The van der Waals surface area contributed by atoms with Crippen molar-refractivity contribution >= 4 is 34.3 Å².